The Morgan fingerprint density at radius 2 is 1.04 bits per heavy atom. The van der Waals surface area contributed by atoms with Crippen LogP contribution in [0.1, 0.15) is 107 Å². The molecular formula is C22H51N4PS. The average molecular weight is 435 g/mol. The molecule has 0 radical (unpaired) electrons. The third kappa shape index (κ3) is 4.85. The zero-order valence-corrected chi connectivity index (χ0v) is 22.7. The van der Waals surface area contributed by atoms with Crippen molar-refractivity contribution in [2.45, 2.75) is 124 Å². The molecular weight excluding hydrogens is 383 g/mol. The minimum absolute atomic E-state index is 0.118. The largest absolute Gasteiger partial charge is 0.251 e. The van der Waals surface area contributed by atoms with E-state index in [2.05, 4.69) is 90.5 Å². The monoisotopic (exact) mass is 434 g/mol. The molecule has 0 aromatic heterocycles. The second kappa shape index (κ2) is 12.3. The molecule has 0 N–H and O–H groups in total. The van der Waals surface area contributed by atoms with E-state index in [0.29, 0.717) is 6.04 Å². The van der Waals surface area contributed by atoms with Crippen molar-refractivity contribution in [2.24, 2.45) is 4.15 Å². The Hall–Kier alpha value is 0.460. The number of thiol groups is 1. The Labute approximate surface area is 183 Å². The zero-order chi connectivity index (χ0) is 22.2. The lowest BCUT2D eigenvalue weighted by molar-refractivity contribution is 0.0292. The molecule has 0 bridgehead atoms. The van der Waals surface area contributed by atoms with Gasteiger partial charge in [0.05, 0.1) is 0 Å². The average Bonchev–Trinajstić information content (AvgIpc) is 2.72. The maximum absolute atomic E-state index is 5.04. The fourth-order valence-electron chi connectivity index (χ4n) is 5.29. The first-order valence-corrected chi connectivity index (χ1v) is 13.6. The molecule has 0 amide bonds. The first kappa shape index (κ1) is 28.5. The van der Waals surface area contributed by atoms with Crippen LogP contribution in [0, 0.1) is 0 Å². The van der Waals surface area contributed by atoms with Gasteiger partial charge in [-0.15, -0.1) is 0 Å². The summed E-state index contributed by atoms with van der Waals surface area (Å²) in [7, 11) is 4.55. The molecule has 4 nitrogen and oxygen atoms in total. The predicted octanol–water partition coefficient (Wildman–Crippen LogP) is 7.70. The summed E-state index contributed by atoms with van der Waals surface area (Å²) in [5.74, 6) is 0. The molecule has 0 heterocycles. The van der Waals surface area contributed by atoms with Crippen LogP contribution in [-0.2, 0) is 0 Å². The van der Waals surface area contributed by atoms with E-state index in [0.717, 1.165) is 51.4 Å². The van der Waals surface area contributed by atoms with Gasteiger partial charge in [0.15, 0.2) is 7.51 Å². The summed E-state index contributed by atoms with van der Waals surface area (Å²) in [4.78, 5) is 0. The van der Waals surface area contributed by atoms with Crippen LogP contribution in [-0.4, -0.2) is 52.3 Å². The van der Waals surface area contributed by atoms with Gasteiger partial charge in [0.1, 0.15) is 0 Å². The normalized spacial score (nSPS) is 15.7. The number of rotatable bonds is 14. The third-order valence-corrected chi connectivity index (χ3v) is 12.3. The van der Waals surface area contributed by atoms with Crippen LogP contribution in [0.4, 0.5) is 0 Å². The molecule has 0 aliphatic rings. The first-order valence-electron chi connectivity index (χ1n) is 11.6. The lowest BCUT2D eigenvalue weighted by Crippen LogP contribution is -2.61. The second-order valence-corrected chi connectivity index (χ2v) is 12.0. The van der Waals surface area contributed by atoms with E-state index in [1.807, 2.05) is 0 Å². The summed E-state index contributed by atoms with van der Waals surface area (Å²) in [5.41, 5.74) is 0.235. The van der Waals surface area contributed by atoms with Crippen LogP contribution < -0.4 is 0 Å². The van der Waals surface area contributed by atoms with Crippen molar-refractivity contribution >= 4 is 20.3 Å². The molecule has 28 heavy (non-hydrogen) atoms. The van der Waals surface area contributed by atoms with Crippen molar-refractivity contribution in [3.05, 3.63) is 0 Å². The van der Waals surface area contributed by atoms with Gasteiger partial charge in [-0.3, -0.25) is 4.67 Å². The van der Waals surface area contributed by atoms with Gasteiger partial charge in [-0.25, -0.2) is 9.34 Å². The summed E-state index contributed by atoms with van der Waals surface area (Å²) in [6, 6.07) is 0.501. The zero-order valence-electron chi connectivity index (χ0n) is 20.9. The number of hydrogen-bond acceptors (Lipinski definition) is 1. The molecule has 0 spiro atoms. The Morgan fingerprint density at radius 1 is 0.714 bits per heavy atom. The van der Waals surface area contributed by atoms with Gasteiger partial charge < -0.3 is 0 Å². The highest BCUT2D eigenvalue weighted by atomic mass is 32.1. The topological polar surface area (TPSA) is 22.1 Å². The van der Waals surface area contributed by atoms with Crippen molar-refractivity contribution in [1.29, 1.82) is 0 Å². The molecule has 6 heteroatoms. The summed E-state index contributed by atoms with van der Waals surface area (Å²) in [6.45, 7) is 18.8. The highest BCUT2D eigenvalue weighted by molar-refractivity contribution is 7.84. The lowest BCUT2D eigenvalue weighted by atomic mass is 9.81. The molecule has 0 aromatic rings. The van der Waals surface area contributed by atoms with Gasteiger partial charge in [-0.2, -0.15) is 4.15 Å². The maximum atomic E-state index is 5.04. The van der Waals surface area contributed by atoms with Crippen LogP contribution in [0.5, 0.6) is 0 Å². The summed E-state index contributed by atoms with van der Waals surface area (Å²) in [5, 5.41) is 0. The minimum atomic E-state index is -2.19. The van der Waals surface area contributed by atoms with E-state index in [-0.39, 0.29) is 11.1 Å². The summed E-state index contributed by atoms with van der Waals surface area (Å²) in [6.07, 6.45) is 9.08. The van der Waals surface area contributed by atoms with Crippen molar-refractivity contribution in [1.82, 2.24) is 14.0 Å². The summed E-state index contributed by atoms with van der Waals surface area (Å²) >= 11 is 4.74. The minimum Gasteiger partial charge on any atom is -0.251 e. The van der Waals surface area contributed by atoms with Crippen LogP contribution in [0.3, 0.4) is 0 Å². The van der Waals surface area contributed by atoms with Gasteiger partial charge in [0.2, 0.25) is 0 Å². The summed E-state index contributed by atoms with van der Waals surface area (Å²) < 4.78 is 12.9. The van der Waals surface area contributed by atoms with E-state index in [9.17, 15) is 0 Å². The number of hydrogen-bond donors (Lipinski definition) is 1. The van der Waals surface area contributed by atoms with Gasteiger partial charge in [-0.1, -0.05) is 55.4 Å². The van der Waals surface area contributed by atoms with Crippen LogP contribution in [0.2, 0.25) is 0 Å². The van der Waals surface area contributed by atoms with Gasteiger partial charge in [-0.05, 0) is 85.3 Å². The van der Waals surface area contributed by atoms with Crippen molar-refractivity contribution in [2.75, 3.05) is 21.1 Å². The number of nitrogens with zero attached hydrogens (tertiary/aromatic N) is 4. The third-order valence-electron chi connectivity index (χ3n) is 7.67. The van der Waals surface area contributed by atoms with Crippen LogP contribution >= 0.6 is 20.3 Å². The second-order valence-electron chi connectivity index (χ2n) is 8.40. The molecule has 0 rings (SSSR count). The van der Waals surface area contributed by atoms with E-state index >= 15 is 0 Å². The van der Waals surface area contributed by atoms with E-state index < -0.39 is 7.51 Å². The smallest absolute Gasteiger partial charge is 0.179 e. The SMILES string of the molecule is CCC(CC)N(C)P(=NS)(N(C)C)N(C(CC)(CC)CC)C(CC)(CC)CC. The molecule has 0 aliphatic heterocycles. The molecule has 1 atom stereocenters. The molecule has 0 saturated carbocycles. The first-order chi connectivity index (χ1) is 13.2. The van der Waals surface area contributed by atoms with Gasteiger partial charge in [0.25, 0.3) is 0 Å². The van der Waals surface area contributed by atoms with Crippen molar-refractivity contribution in [3.63, 3.8) is 0 Å². The van der Waals surface area contributed by atoms with Crippen molar-refractivity contribution in [3.8, 4) is 0 Å². The Balaban J connectivity index is 7.28. The molecule has 170 valence electrons. The highest BCUT2D eigenvalue weighted by Crippen LogP contribution is 2.67. The quantitative estimate of drug-likeness (QED) is 0.224. The standard InChI is InChI=1S/C22H51N4PS/c1-12-20(13-2)25(11)27(23-28,24(9)10)26(21(14-3,15-4)16-5)22(17-6,18-7)19-8/h20,28H,12-19H2,1-11H3. The fourth-order valence-corrected chi connectivity index (χ4v) is 10.7. The highest BCUT2D eigenvalue weighted by Gasteiger charge is 2.54. The van der Waals surface area contributed by atoms with Gasteiger partial charge in [0, 0.05) is 17.1 Å². The molecule has 0 aromatic carbocycles. The van der Waals surface area contributed by atoms with Gasteiger partial charge >= 0.3 is 0 Å². The Kier molecular flexibility index (Phi) is 12.5. The Bertz CT molecular complexity index is 446. The van der Waals surface area contributed by atoms with E-state index in [1.54, 1.807) is 0 Å². The Morgan fingerprint density at radius 3 is 1.21 bits per heavy atom. The van der Waals surface area contributed by atoms with E-state index in [4.69, 9.17) is 17.0 Å². The molecule has 0 fully saturated rings. The predicted molar refractivity (Wildman–Crippen MR) is 133 cm³/mol. The van der Waals surface area contributed by atoms with Crippen molar-refractivity contribution < 1.29 is 0 Å². The van der Waals surface area contributed by atoms with Crippen LogP contribution in [0.25, 0.3) is 0 Å². The molecule has 0 saturated heterocycles. The molecule has 0 aliphatic carbocycles. The lowest BCUT2D eigenvalue weighted by Gasteiger charge is -2.62. The molecule has 1 unspecified atom stereocenters. The fraction of sp³-hybridized carbons (Fsp3) is 1.00. The van der Waals surface area contributed by atoms with Crippen LogP contribution in [0.15, 0.2) is 4.15 Å². The maximum Gasteiger partial charge on any atom is 0.179 e. The van der Waals surface area contributed by atoms with E-state index in [1.165, 1.54) is 0 Å².